The van der Waals surface area contributed by atoms with Crippen LogP contribution in [0.15, 0.2) is 0 Å². The number of hydrogen-bond donors (Lipinski definition) is 8. The lowest BCUT2D eigenvalue weighted by molar-refractivity contribution is -0.0154. The predicted octanol–water partition coefficient (Wildman–Crippen LogP) is 6.01. The van der Waals surface area contributed by atoms with E-state index in [-0.39, 0.29) is 11.1 Å². The molecule has 0 saturated heterocycles. The third-order valence-corrected chi connectivity index (χ3v) is 17.9. The van der Waals surface area contributed by atoms with Gasteiger partial charge in [-0.05, 0) is 226 Å². The van der Waals surface area contributed by atoms with Gasteiger partial charge in [0, 0.05) is 73.5 Å². The molecule has 14 aliphatic carbocycles. The first-order chi connectivity index (χ1) is 27.0. The summed E-state index contributed by atoms with van der Waals surface area (Å²) in [5.41, 5.74) is 23.3. The first-order valence-corrected chi connectivity index (χ1v) is 25.0. The van der Waals surface area contributed by atoms with Crippen LogP contribution < -0.4 is 44.2 Å². The molecule has 14 saturated carbocycles. The van der Waals surface area contributed by atoms with Gasteiger partial charge in [-0.25, -0.2) is 0 Å². The molecule has 0 heterocycles. The summed E-state index contributed by atoms with van der Waals surface area (Å²) in [6.45, 7) is 8.05. The van der Waals surface area contributed by atoms with Crippen LogP contribution in [0, 0.1) is 71.0 Å². The predicted molar refractivity (Wildman–Crippen MR) is 232 cm³/mol. The zero-order chi connectivity index (χ0) is 38.6. The Morgan fingerprint density at radius 1 is 0.482 bits per heavy atom. The molecule has 8 heteroatoms. The summed E-state index contributed by atoms with van der Waals surface area (Å²) in [5, 5.41) is 15.4. The Labute approximate surface area is 342 Å². The van der Waals surface area contributed by atoms with Crippen molar-refractivity contribution in [2.24, 2.45) is 93.9 Å². The molecule has 8 nitrogen and oxygen atoms in total. The van der Waals surface area contributed by atoms with Crippen molar-refractivity contribution in [1.29, 1.82) is 0 Å². The molecule has 0 aromatic carbocycles. The first kappa shape index (κ1) is 41.1. The summed E-state index contributed by atoms with van der Waals surface area (Å²) in [5.74, 6) is 11.8. The highest BCUT2D eigenvalue weighted by atomic mass is 15.1. The zero-order valence-electron chi connectivity index (χ0n) is 36.1. The molecule has 0 aromatic heterocycles. The van der Waals surface area contributed by atoms with Gasteiger partial charge in [0.1, 0.15) is 0 Å². The van der Waals surface area contributed by atoms with Gasteiger partial charge in [0.2, 0.25) is 0 Å². The summed E-state index contributed by atoms with van der Waals surface area (Å²) < 4.78 is 0. The molecule has 0 aliphatic heterocycles. The highest BCUT2D eigenvalue weighted by Crippen LogP contribution is 2.55. The Morgan fingerprint density at radius 2 is 0.875 bits per heavy atom. The topological polar surface area (TPSA) is 152 Å². The van der Waals surface area contributed by atoms with Gasteiger partial charge in [0.15, 0.2) is 0 Å². The number of nitrogens with one attached hydrogen (secondary N) is 4. The highest BCUT2D eigenvalue weighted by Gasteiger charge is 2.50. The fraction of sp³-hybridized carbons (Fsp3) is 1.00. The molecular weight excluding hydrogens is 689 g/mol. The van der Waals surface area contributed by atoms with Crippen molar-refractivity contribution < 1.29 is 0 Å². The van der Waals surface area contributed by atoms with Crippen LogP contribution in [0.3, 0.4) is 0 Å². The van der Waals surface area contributed by atoms with E-state index in [1.165, 1.54) is 109 Å². The zero-order valence-corrected chi connectivity index (χ0v) is 36.1. The van der Waals surface area contributed by atoms with E-state index < -0.39 is 0 Å². The van der Waals surface area contributed by atoms with Crippen molar-refractivity contribution in [1.82, 2.24) is 21.3 Å². The van der Waals surface area contributed by atoms with E-state index in [2.05, 4.69) is 28.2 Å². The normalized spacial score (nSPS) is 41.9. The lowest BCUT2D eigenvalue weighted by Crippen LogP contribution is -2.58. The SMILES string of the molecule is C1C2CC3CC1CC(C2)C3NCC(NC1CC1)C1CC1.CC(N)(CN)C1CC1.CC(N)(CNC1C2CC3CC(C2)CC1C3)C1CC1.NCC(NC1CC1)C1CC1. The Bertz CT molecular complexity index is 1210. The summed E-state index contributed by atoms with van der Waals surface area (Å²) >= 11 is 0. The Balaban J connectivity index is 0.000000104. The van der Waals surface area contributed by atoms with Gasteiger partial charge in [-0.2, -0.15) is 0 Å². The summed E-state index contributed by atoms with van der Waals surface area (Å²) in [6, 6.07) is 4.83. The van der Waals surface area contributed by atoms with Crippen molar-refractivity contribution in [3.05, 3.63) is 0 Å². The van der Waals surface area contributed by atoms with Gasteiger partial charge in [-0.3, -0.25) is 0 Å². The first-order valence-electron chi connectivity index (χ1n) is 25.0. The number of nitrogens with two attached hydrogens (primary N) is 4. The molecule has 320 valence electrons. The van der Waals surface area contributed by atoms with Crippen LogP contribution in [0.4, 0.5) is 0 Å². The number of rotatable bonds is 16. The Morgan fingerprint density at radius 3 is 1.23 bits per heavy atom. The van der Waals surface area contributed by atoms with Crippen LogP contribution >= 0.6 is 0 Å². The molecule has 0 aromatic rings. The molecule has 4 unspecified atom stereocenters. The average Bonchev–Trinajstić information content (AvgIpc) is 3.95. The van der Waals surface area contributed by atoms with E-state index in [9.17, 15) is 0 Å². The summed E-state index contributed by atoms with van der Waals surface area (Å²) in [6.07, 6.45) is 32.0. The van der Waals surface area contributed by atoms with Gasteiger partial charge in [-0.1, -0.05) is 0 Å². The van der Waals surface area contributed by atoms with Crippen LogP contribution in [-0.2, 0) is 0 Å². The fourth-order valence-corrected chi connectivity index (χ4v) is 13.8. The van der Waals surface area contributed by atoms with Gasteiger partial charge in [-0.15, -0.1) is 0 Å². The Kier molecular flexibility index (Phi) is 12.6. The fourth-order valence-electron chi connectivity index (χ4n) is 13.8. The molecule has 4 atom stereocenters. The van der Waals surface area contributed by atoms with Crippen molar-refractivity contribution in [3.8, 4) is 0 Å². The second kappa shape index (κ2) is 17.2. The maximum absolute atomic E-state index is 6.46. The van der Waals surface area contributed by atoms with Crippen LogP contribution in [0.25, 0.3) is 0 Å². The van der Waals surface area contributed by atoms with E-state index in [1.54, 1.807) is 38.5 Å². The van der Waals surface area contributed by atoms with Crippen LogP contribution in [0.2, 0.25) is 0 Å². The van der Waals surface area contributed by atoms with Gasteiger partial charge in [0.25, 0.3) is 0 Å². The minimum absolute atomic E-state index is 0.0503. The molecule has 14 rings (SSSR count). The lowest BCUT2D eigenvalue weighted by atomic mass is 9.54. The minimum atomic E-state index is -0.0694. The van der Waals surface area contributed by atoms with E-state index >= 15 is 0 Å². The molecule has 0 radical (unpaired) electrons. The second-order valence-corrected chi connectivity index (χ2v) is 23.5. The van der Waals surface area contributed by atoms with Crippen molar-refractivity contribution in [2.45, 2.75) is 202 Å². The third kappa shape index (κ3) is 10.8. The van der Waals surface area contributed by atoms with E-state index in [0.717, 1.165) is 108 Å². The standard InChI is InChI=1S/C18H30N2.C16H28N2.C8H16N2.C6H14N2/c1-2-13(1)17(20-16-3-4-16)10-19-18-14-6-11-5-12(8-14)9-15(18)7-11;1-16(17,14-2-3-14)9-18-15-12-5-10-4-11(7-12)8-13(15)6-10;9-5-8(6-1-2-6)10-7-3-4-7;1-6(8,4-7)5-2-3-5/h11-20H,1-10H2;10-15,18H,2-9,17H2,1H3;6-8,10H,1-5,9H2;5H,2-4,7-8H2,1H3. The van der Waals surface area contributed by atoms with Gasteiger partial charge >= 0.3 is 0 Å². The molecule has 56 heavy (non-hydrogen) atoms. The van der Waals surface area contributed by atoms with Crippen LogP contribution in [0.1, 0.15) is 155 Å². The van der Waals surface area contributed by atoms with E-state index in [4.69, 9.17) is 22.9 Å². The quantitative estimate of drug-likeness (QED) is 0.0950. The van der Waals surface area contributed by atoms with Crippen molar-refractivity contribution >= 4 is 0 Å². The number of hydrogen-bond acceptors (Lipinski definition) is 8. The molecule has 14 aliphatic rings. The van der Waals surface area contributed by atoms with E-state index in [0.29, 0.717) is 18.5 Å². The van der Waals surface area contributed by atoms with Gasteiger partial charge in [0.05, 0.1) is 0 Å². The largest absolute Gasteiger partial charge is 0.329 e. The van der Waals surface area contributed by atoms with E-state index in [1.807, 2.05) is 6.92 Å². The third-order valence-electron chi connectivity index (χ3n) is 17.9. The van der Waals surface area contributed by atoms with Crippen LogP contribution in [0.5, 0.6) is 0 Å². The molecule has 8 bridgehead atoms. The average molecular weight is 777 g/mol. The van der Waals surface area contributed by atoms with Crippen molar-refractivity contribution in [2.75, 3.05) is 26.2 Å². The molecule has 0 amide bonds. The Hall–Kier alpha value is -0.320. The maximum atomic E-state index is 6.46. The lowest BCUT2D eigenvalue weighted by Gasteiger charge is -2.55. The summed E-state index contributed by atoms with van der Waals surface area (Å²) in [7, 11) is 0. The highest BCUT2D eigenvalue weighted by molar-refractivity contribution is 5.05. The smallest absolute Gasteiger partial charge is 0.0280 e. The molecule has 12 N–H and O–H groups in total. The van der Waals surface area contributed by atoms with Gasteiger partial charge < -0.3 is 44.2 Å². The monoisotopic (exact) mass is 777 g/mol. The van der Waals surface area contributed by atoms with Crippen LogP contribution in [-0.4, -0.2) is 73.5 Å². The second-order valence-electron chi connectivity index (χ2n) is 23.5. The minimum Gasteiger partial charge on any atom is -0.329 e. The summed E-state index contributed by atoms with van der Waals surface area (Å²) in [4.78, 5) is 0. The maximum Gasteiger partial charge on any atom is 0.0280 e. The molecule has 14 fully saturated rings. The van der Waals surface area contributed by atoms with Crippen molar-refractivity contribution in [3.63, 3.8) is 0 Å². The molecule has 0 spiro atoms. The molecular formula is C48H88N8.